The molecule has 0 bridgehead atoms. The first-order valence-corrected chi connectivity index (χ1v) is 10.8. The first-order chi connectivity index (χ1) is 16.4. The molecule has 3 amide bonds. The van der Waals surface area contributed by atoms with Crippen LogP contribution in [0.1, 0.15) is 10.4 Å². The molecule has 3 rings (SSSR count). The van der Waals surface area contributed by atoms with Gasteiger partial charge in [-0.3, -0.25) is 19.3 Å². The number of carbonyl (C=O) groups excluding carboxylic acids is 3. The Morgan fingerprint density at radius 3 is 2.12 bits per heavy atom. The monoisotopic (exact) mass is 480 g/mol. The Kier molecular flexibility index (Phi) is 8.61. The number of nitrogens with one attached hydrogen (secondary N) is 3. The third-order valence-corrected chi connectivity index (χ3v) is 4.98. The Morgan fingerprint density at radius 2 is 1.44 bits per heavy atom. The molecule has 0 aliphatic rings. The van der Waals surface area contributed by atoms with Crippen LogP contribution in [-0.4, -0.2) is 49.9 Å². The minimum absolute atomic E-state index is 0.0424. The largest absolute Gasteiger partial charge is 0.495 e. The predicted molar refractivity (Wildman–Crippen MR) is 134 cm³/mol. The maximum Gasteiger partial charge on any atom is 0.257 e. The molecule has 0 saturated carbocycles. The van der Waals surface area contributed by atoms with Gasteiger partial charge in [0.2, 0.25) is 11.8 Å². The van der Waals surface area contributed by atoms with E-state index in [1.165, 1.54) is 7.11 Å². The molecule has 0 atom stereocenters. The number of anilines is 3. The fourth-order valence-electron chi connectivity index (χ4n) is 3.21. The van der Waals surface area contributed by atoms with E-state index in [0.717, 1.165) is 0 Å². The molecule has 0 unspecified atom stereocenters. The summed E-state index contributed by atoms with van der Waals surface area (Å²) in [4.78, 5) is 39.2. The van der Waals surface area contributed by atoms with Crippen molar-refractivity contribution < 1.29 is 19.1 Å². The zero-order chi connectivity index (χ0) is 24.5. The number of para-hydroxylation sites is 2. The van der Waals surface area contributed by atoms with Crippen molar-refractivity contribution in [3.8, 4) is 5.75 Å². The molecule has 0 heterocycles. The average molecular weight is 481 g/mol. The van der Waals surface area contributed by atoms with Crippen LogP contribution in [0.3, 0.4) is 0 Å². The second-order valence-corrected chi connectivity index (χ2v) is 7.92. The highest BCUT2D eigenvalue weighted by atomic mass is 35.5. The molecule has 0 saturated heterocycles. The molecule has 0 radical (unpaired) electrons. The van der Waals surface area contributed by atoms with Crippen molar-refractivity contribution in [1.29, 1.82) is 0 Å². The molecule has 0 aliphatic carbocycles. The minimum Gasteiger partial charge on any atom is -0.495 e. The van der Waals surface area contributed by atoms with Crippen LogP contribution in [-0.2, 0) is 9.59 Å². The summed E-state index contributed by atoms with van der Waals surface area (Å²) < 4.78 is 5.22. The van der Waals surface area contributed by atoms with E-state index in [1.807, 2.05) is 18.2 Å². The highest BCUT2D eigenvalue weighted by Crippen LogP contribution is 2.27. The number of halogens is 1. The van der Waals surface area contributed by atoms with Crippen molar-refractivity contribution in [2.45, 2.75) is 0 Å². The van der Waals surface area contributed by atoms with Crippen molar-refractivity contribution >= 4 is 46.4 Å². The normalized spacial score (nSPS) is 10.5. The molecular weight excluding hydrogens is 456 g/mol. The van der Waals surface area contributed by atoms with Crippen LogP contribution in [0, 0.1) is 0 Å². The van der Waals surface area contributed by atoms with Crippen molar-refractivity contribution in [3.05, 3.63) is 83.4 Å². The third-order valence-electron chi connectivity index (χ3n) is 4.74. The van der Waals surface area contributed by atoms with Gasteiger partial charge in [0.25, 0.3) is 5.91 Å². The van der Waals surface area contributed by atoms with Gasteiger partial charge in [-0.2, -0.15) is 0 Å². The zero-order valence-electron chi connectivity index (χ0n) is 18.8. The van der Waals surface area contributed by atoms with Crippen molar-refractivity contribution in [2.75, 3.05) is 43.2 Å². The molecule has 3 aromatic carbocycles. The topological polar surface area (TPSA) is 99.8 Å². The Labute approximate surface area is 202 Å². The van der Waals surface area contributed by atoms with Gasteiger partial charge in [-0.15, -0.1) is 0 Å². The molecule has 0 aromatic heterocycles. The molecule has 0 aliphatic heterocycles. The Hall–Kier alpha value is -3.88. The number of carbonyl (C=O) groups is 3. The Bertz CT molecular complexity index is 1170. The number of hydrogen-bond acceptors (Lipinski definition) is 5. The zero-order valence-corrected chi connectivity index (χ0v) is 19.6. The highest BCUT2D eigenvalue weighted by Gasteiger charge is 2.16. The summed E-state index contributed by atoms with van der Waals surface area (Å²) in [5.74, 6) is -0.567. The van der Waals surface area contributed by atoms with Crippen molar-refractivity contribution in [2.24, 2.45) is 0 Å². The summed E-state index contributed by atoms with van der Waals surface area (Å²) in [7, 11) is 3.13. The lowest BCUT2D eigenvalue weighted by atomic mass is 10.1. The maximum atomic E-state index is 12.7. The van der Waals surface area contributed by atoms with E-state index in [9.17, 15) is 14.4 Å². The van der Waals surface area contributed by atoms with Gasteiger partial charge in [-0.05, 0) is 49.5 Å². The third kappa shape index (κ3) is 7.06. The van der Waals surface area contributed by atoms with Crippen LogP contribution in [0.2, 0.25) is 5.02 Å². The van der Waals surface area contributed by atoms with Crippen molar-refractivity contribution in [3.63, 3.8) is 0 Å². The molecule has 3 aromatic rings. The van der Waals surface area contributed by atoms with Crippen LogP contribution in [0.5, 0.6) is 5.75 Å². The van der Waals surface area contributed by atoms with Crippen LogP contribution >= 0.6 is 11.6 Å². The number of benzene rings is 3. The lowest BCUT2D eigenvalue weighted by molar-refractivity contribution is -0.119. The number of rotatable bonds is 9. The average Bonchev–Trinajstić information content (AvgIpc) is 2.80. The maximum absolute atomic E-state index is 12.7. The molecule has 8 nitrogen and oxygen atoms in total. The quantitative estimate of drug-likeness (QED) is 0.428. The van der Waals surface area contributed by atoms with Crippen molar-refractivity contribution in [1.82, 2.24) is 4.90 Å². The number of nitrogens with zero attached hydrogens (tertiary/aromatic N) is 1. The standard InChI is InChI=1S/C25H25ClN4O4/c1-30(16-24(32)29-21-14-17(26)12-13-22(21)34-2)15-23(31)28-20-11-7-6-10-19(20)25(33)27-18-8-4-3-5-9-18/h3-14H,15-16H2,1-2H3,(H,27,33)(H,28,31)(H,29,32). The van der Waals surface area contributed by atoms with E-state index in [1.54, 1.807) is 66.5 Å². The SMILES string of the molecule is COc1ccc(Cl)cc1NC(=O)CN(C)CC(=O)Nc1ccccc1C(=O)Nc1ccccc1. The molecule has 0 fully saturated rings. The molecule has 34 heavy (non-hydrogen) atoms. The van der Waals surface area contributed by atoms with Crippen LogP contribution < -0.4 is 20.7 Å². The first-order valence-electron chi connectivity index (χ1n) is 10.4. The molecule has 176 valence electrons. The minimum atomic E-state index is -0.365. The van der Waals surface area contributed by atoms with Crippen LogP contribution in [0.4, 0.5) is 17.1 Å². The summed E-state index contributed by atoms with van der Waals surface area (Å²) in [5.41, 5.74) is 1.79. The Morgan fingerprint density at radius 1 is 0.824 bits per heavy atom. The number of methoxy groups -OCH3 is 1. The molecule has 9 heteroatoms. The van der Waals surface area contributed by atoms with Crippen LogP contribution in [0.25, 0.3) is 0 Å². The summed E-state index contributed by atoms with van der Waals surface area (Å²) in [5, 5.41) is 8.73. The van der Waals surface area contributed by atoms with Gasteiger partial charge in [-0.25, -0.2) is 0 Å². The number of hydrogen-bond donors (Lipinski definition) is 3. The smallest absolute Gasteiger partial charge is 0.257 e. The van der Waals surface area contributed by atoms with E-state index in [0.29, 0.717) is 33.4 Å². The fraction of sp³-hybridized carbons (Fsp3) is 0.160. The summed E-state index contributed by atoms with van der Waals surface area (Å²) >= 11 is 5.99. The summed E-state index contributed by atoms with van der Waals surface area (Å²) in [6.45, 7) is -0.103. The van der Waals surface area contributed by atoms with Gasteiger partial charge in [0.15, 0.2) is 0 Å². The van der Waals surface area contributed by atoms with Gasteiger partial charge in [-0.1, -0.05) is 41.9 Å². The second kappa shape index (κ2) is 11.8. The van der Waals surface area contributed by atoms with Gasteiger partial charge < -0.3 is 20.7 Å². The molecule has 0 spiro atoms. The predicted octanol–water partition coefficient (Wildman–Crippen LogP) is 4.11. The van der Waals surface area contributed by atoms with E-state index in [-0.39, 0.29) is 30.8 Å². The summed E-state index contributed by atoms with van der Waals surface area (Å²) in [6, 6.07) is 20.7. The highest BCUT2D eigenvalue weighted by molar-refractivity contribution is 6.31. The van der Waals surface area contributed by atoms with E-state index >= 15 is 0 Å². The van der Waals surface area contributed by atoms with E-state index in [2.05, 4.69) is 16.0 Å². The van der Waals surface area contributed by atoms with Gasteiger partial charge in [0.1, 0.15) is 5.75 Å². The fourth-order valence-corrected chi connectivity index (χ4v) is 3.39. The van der Waals surface area contributed by atoms with Crippen LogP contribution in [0.15, 0.2) is 72.8 Å². The van der Waals surface area contributed by atoms with Gasteiger partial charge in [0, 0.05) is 10.7 Å². The molecular formula is C25H25ClN4O4. The Balaban J connectivity index is 1.57. The van der Waals surface area contributed by atoms with E-state index in [4.69, 9.17) is 16.3 Å². The number of likely N-dealkylation sites (N-methyl/N-ethyl adjacent to an activating group) is 1. The number of ether oxygens (including phenoxy) is 1. The second-order valence-electron chi connectivity index (χ2n) is 7.48. The van der Waals surface area contributed by atoms with Gasteiger partial charge in [0.05, 0.1) is 37.1 Å². The summed E-state index contributed by atoms with van der Waals surface area (Å²) in [6.07, 6.45) is 0. The van der Waals surface area contributed by atoms with E-state index < -0.39 is 0 Å². The molecule has 3 N–H and O–H groups in total. The van der Waals surface area contributed by atoms with Gasteiger partial charge >= 0.3 is 0 Å². The lowest BCUT2D eigenvalue weighted by Crippen LogP contribution is -2.36. The first kappa shape index (κ1) is 24.8. The number of amides is 3. The lowest BCUT2D eigenvalue weighted by Gasteiger charge is -2.17.